The van der Waals surface area contributed by atoms with Gasteiger partial charge in [0.2, 0.25) is 5.89 Å². The first-order valence-corrected chi connectivity index (χ1v) is 9.17. The minimum absolute atomic E-state index is 0.0741. The van der Waals surface area contributed by atoms with Gasteiger partial charge in [0.25, 0.3) is 11.1 Å². The van der Waals surface area contributed by atoms with Crippen LogP contribution in [0.15, 0.2) is 38.5 Å². The Morgan fingerprint density at radius 1 is 1.28 bits per heavy atom. The lowest BCUT2D eigenvalue weighted by Crippen LogP contribution is -2.36. The molecule has 25 heavy (non-hydrogen) atoms. The fourth-order valence-electron chi connectivity index (χ4n) is 2.18. The zero-order valence-corrected chi connectivity index (χ0v) is 15.5. The summed E-state index contributed by atoms with van der Waals surface area (Å²) < 4.78 is 11.1. The summed E-state index contributed by atoms with van der Waals surface area (Å²) in [6.07, 6.45) is 1.38. The smallest absolute Gasteiger partial charge is 0.273 e. The molecule has 0 spiro atoms. The normalized spacial score (nSPS) is 12.7. The number of aryl methyl sites for hydroxylation is 1. The van der Waals surface area contributed by atoms with Gasteiger partial charge in [-0.3, -0.25) is 4.79 Å². The highest BCUT2D eigenvalue weighted by Crippen LogP contribution is 2.27. The fraction of sp³-hybridized carbons (Fsp3) is 0.389. The second-order valence-electron chi connectivity index (χ2n) is 6.32. The van der Waals surface area contributed by atoms with E-state index in [0.29, 0.717) is 22.8 Å². The van der Waals surface area contributed by atoms with Crippen molar-refractivity contribution in [2.45, 2.75) is 44.7 Å². The average molecular weight is 359 g/mol. The number of rotatable bonds is 6. The molecule has 3 aromatic rings. The maximum atomic E-state index is 12.1. The highest BCUT2D eigenvalue weighted by Gasteiger charge is 2.17. The largest absolute Gasteiger partial charge is 0.447 e. The lowest BCUT2D eigenvalue weighted by Gasteiger charge is -2.16. The fourth-order valence-corrected chi connectivity index (χ4v) is 2.86. The summed E-state index contributed by atoms with van der Waals surface area (Å²) in [5.74, 6) is 1.04. The van der Waals surface area contributed by atoms with E-state index in [2.05, 4.69) is 29.1 Å². The number of fused-ring (bicyclic) bond motifs is 1. The monoisotopic (exact) mass is 359 g/mol. The summed E-state index contributed by atoms with van der Waals surface area (Å²) >= 11 is 1.39. The molecule has 0 fully saturated rings. The predicted molar refractivity (Wildman–Crippen MR) is 96.6 cm³/mol. The number of aromatic nitrogens is 2. The molecule has 1 aromatic carbocycles. The molecule has 2 aromatic heterocycles. The van der Waals surface area contributed by atoms with Crippen LogP contribution >= 0.6 is 11.8 Å². The van der Waals surface area contributed by atoms with E-state index in [9.17, 15) is 4.79 Å². The number of carbonyl (C=O) groups excluding carboxylic acids is 1. The highest BCUT2D eigenvalue weighted by atomic mass is 32.2. The standard InChI is InChI=1S/C18H21N3O3S/c1-10(2)12(4)19-17(22)13-8-23-15(20-13)9-25-18-21-16-11(3)6-5-7-14(16)24-18/h5-8,10,12H,9H2,1-4H3,(H,19,22)/t12-/m0/s1. The van der Waals surface area contributed by atoms with E-state index in [-0.39, 0.29) is 17.6 Å². The molecular formula is C18H21N3O3S. The summed E-state index contributed by atoms with van der Waals surface area (Å²) in [6.45, 7) is 8.07. The lowest BCUT2D eigenvalue weighted by atomic mass is 10.1. The van der Waals surface area contributed by atoms with Gasteiger partial charge in [0.05, 0.1) is 5.75 Å². The number of thioether (sulfide) groups is 1. The SMILES string of the molecule is Cc1cccc2oc(SCc3nc(C(=O)N[C@@H](C)C(C)C)co3)nc12. The minimum atomic E-state index is -0.223. The Labute approximate surface area is 150 Å². The Hall–Kier alpha value is -2.28. The maximum Gasteiger partial charge on any atom is 0.273 e. The minimum Gasteiger partial charge on any atom is -0.447 e. The van der Waals surface area contributed by atoms with Crippen LogP contribution in [0.2, 0.25) is 0 Å². The number of carbonyl (C=O) groups is 1. The third-order valence-corrected chi connectivity index (χ3v) is 4.88. The molecule has 0 radical (unpaired) electrons. The van der Waals surface area contributed by atoms with Gasteiger partial charge in [-0.1, -0.05) is 37.7 Å². The van der Waals surface area contributed by atoms with Crippen LogP contribution in [0, 0.1) is 12.8 Å². The van der Waals surface area contributed by atoms with Crippen LogP contribution in [0.3, 0.4) is 0 Å². The summed E-state index contributed by atoms with van der Waals surface area (Å²) in [5, 5.41) is 3.46. The Morgan fingerprint density at radius 2 is 2.08 bits per heavy atom. The van der Waals surface area contributed by atoms with Crippen molar-refractivity contribution in [3.05, 3.63) is 41.6 Å². The third-order valence-electron chi connectivity index (χ3n) is 4.06. The molecule has 0 aliphatic carbocycles. The van der Waals surface area contributed by atoms with E-state index in [0.717, 1.165) is 16.7 Å². The van der Waals surface area contributed by atoms with Crippen LogP contribution in [-0.4, -0.2) is 21.9 Å². The summed E-state index contributed by atoms with van der Waals surface area (Å²) in [4.78, 5) is 20.8. The first kappa shape index (κ1) is 17.5. The molecule has 1 atom stereocenters. The van der Waals surface area contributed by atoms with Crippen molar-refractivity contribution < 1.29 is 13.6 Å². The first-order valence-electron chi connectivity index (χ1n) is 8.18. The van der Waals surface area contributed by atoms with Crippen LogP contribution in [0.4, 0.5) is 0 Å². The molecule has 3 rings (SSSR count). The number of nitrogens with one attached hydrogen (secondary N) is 1. The van der Waals surface area contributed by atoms with Gasteiger partial charge in [0.15, 0.2) is 11.3 Å². The molecule has 0 aliphatic rings. The van der Waals surface area contributed by atoms with Crippen molar-refractivity contribution in [3.8, 4) is 0 Å². The predicted octanol–water partition coefficient (Wildman–Crippen LogP) is 4.19. The van der Waals surface area contributed by atoms with Crippen LogP contribution in [-0.2, 0) is 5.75 Å². The number of para-hydroxylation sites is 1. The van der Waals surface area contributed by atoms with Crippen molar-refractivity contribution in [3.63, 3.8) is 0 Å². The molecule has 1 amide bonds. The van der Waals surface area contributed by atoms with Gasteiger partial charge in [-0.15, -0.1) is 0 Å². The molecule has 1 N–H and O–H groups in total. The number of oxazole rings is 2. The number of hydrogen-bond donors (Lipinski definition) is 1. The second kappa shape index (κ2) is 7.31. The van der Waals surface area contributed by atoms with Crippen molar-refractivity contribution >= 4 is 28.8 Å². The van der Waals surface area contributed by atoms with Crippen molar-refractivity contribution in [2.75, 3.05) is 0 Å². The summed E-state index contributed by atoms with van der Waals surface area (Å²) in [6, 6.07) is 5.90. The van der Waals surface area contributed by atoms with Gasteiger partial charge in [-0.25, -0.2) is 9.97 Å². The number of hydrogen-bond acceptors (Lipinski definition) is 6. The molecule has 0 aliphatic heterocycles. The van der Waals surface area contributed by atoms with E-state index in [1.54, 1.807) is 0 Å². The summed E-state index contributed by atoms with van der Waals surface area (Å²) in [5.41, 5.74) is 2.98. The molecule has 132 valence electrons. The van der Waals surface area contributed by atoms with Gasteiger partial charge < -0.3 is 14.2 Å². The van der Waals surface area contributed by atoms with Crippen LogP contribution in [0.1, 0.15) is 42.7 Å². The van der Waals surface area contributed by atoms with Crippen LogP contribution in [0.5, 0.6) is 0 Å². The van der Waals surface area contributed by atoms with E-state index in [1.807, 2.05) is 32.0 Å². The van der Waals surface area contributed by atoms with E-state index >= 15 is 0 Å². The van der Waals surface area contributed by atoms with Crippen molar-refractivity contribution in [1.29, 1.82) is 0 Å². The van der Waals surface area contributed by atoms with Crippen molar-refractivity contribution in [1.82, 2.24) is 15.3 Å². The second-order valence-corrected chi connectivity index (χ2v) is 7.25. The van der Waals surface area contributed by atoms with Crippen molar-refractivity contribution in [2.24, 2.45) is 5.92 Å². The molecule has 6 nitrogen and oxygen atoms in total. The zero-order valence-electron chi connectivity index (χ0n) is 14.7. The van der Waals surface area contributed by atoms with Gasteiger partial charge in [-0.05, 0) is 31.4 Å². The molecule has 2 heterocycles. The lowest BCUT2D eigenvalue weighted by molar-refractivity contribution is 0.0925. The Kier molecular flexibility index (Phi) is 5.13. The van der Waals surface area contributed by atoms with E-state index in [1.165, 1.54) is 18.0 Å². The van der Waals surface area contributed by atoms with Crippen LogP contribution < -0.4 is 5.32 Å². The Bertz CT molecular complexity index is 885. The molecule has 0 saturated carbocycles. The van der Waals surface area contributed by atoms with Gasteiger partial charge in [-0.2, -0.15) is 0 Å². The van der Waals surface area contributed by atoms with Crippen LogP contribution in [0.25, 0.3) is 11.1 Å². The number of amides is 1. The molecule has 0 bridgehead atoms. The highest BCUT2D eigenvalue weighted by molar-refractivity contribution is 7.98. The third kappa shape index (κ3) is 4.04. The maximum absolute atomic E-state index is 12.1. The molecule has 0 unspecified atom stereocenters. The molecular weight excluding hydrogens is 338 g/mol. The summed E-state index contributed by atoms with van der Waals surface area (Å²) in [7, 11) is 0. The number of benzene rings is 1. The quantitative estimate of drug-likeness (QED) is 0.665. The average Bonchev–Trinajstić information content (AvgIpc) is 3.20. The Balaban J connectivity index is 1.63. The van der Waals surface area contributed by atoms with E-state index < -0.39 is 0 Å². The Morgan fingerprint density at radius 3 is 2.80 bits per heavy atom. The molecule has 0 saturated heterocycles. The van der Waals surface area contributed by atoms with E-state index in [4.69, 9.17) is 8.83 Å². The molecule has 7 heteroatoms. The topological polar surface area (TPSA) is 81.2 Å². The first-order chi connectivity index (χ1) is 11.9. The zero-order chi connectivity index (χ0) is 18.0. The van der Waals surface area contributed by atoms with Gasteiger partial charge in [0.1, 0.15) is 11.8 Å². The van der Waals surface area contributed by atoms with Gasteiger partial charge >= 0.3 is 0 Å². The number of nitrogens with zero attached hydrogens (tertiary/aromatic N) is 2. The van der Waals surface area contributed by atoms with Gasteiger partial charge in [0, 0.05) is 6.04 Å².